The lowest BCUT2D eigenvalue weighted by Gasteiger charge is -2.26. The lowest BCUT2D eigenvalue weighted by atomic mass is 10.2. The maximum Gasteiger partial charge on any atom is 0.262 e. The highest BCUT2D eigenvalue weighted by Crippen LogP contribution is 2.31. The molecule has 2 aromatic rings. The molecule has 0 bridgehead atoms. The zero-order chi connectivity index (χ0) is 19.9. The average molecular weight is 420 g/mol. The molecule has 1 fully saturated rings. The Balaban J connectivity index is 1.63. The van der Waals surface area contributed by atoms with E-state index < -0.39 is 5.91 Å². The van der Waals surface area contributed by atoms with Crippen LogP contribution in [-0.4, -0.2) is 50.2 Å². The Hall–Kier alpha value is -2.30. The molecule has 2 heterocycles. The van der Waals surface area contributed by atoms with E-state index in [-0.39, 0.29) is 5.57 Å². The Morgan fingerprint density at radius 1 is 1.25 bits per heavy atom. The van der Waals surface area contributed by atoms with Crippen LogP contribution in [0, 0.1) is 11.3 Å². The molecule has 0 unspecified atom stereocenters. The van der Waals surface area contributed by atoms with Gasteiger partial charge in [0.1, 0.15) is 23.2 Å². The van der Waals surface area contributed by atoms with Crippen molar-refractivity contribution >= 4 is 35.2 Å². The number of nitrogens with zero attached hydrogens (tertiary/aromatic N) is 2. The molecule has 1 aliphatic heterocycles. The molecule has 1 N–H and O–H groups in total. The number of furan rings is 1. The Morgan fingerprint density at radius 2 is 2.04 bits per heavy atom. The minimum atomic E-state index is -0.432. The first-order valence-electron chi connectivity index (χ1n) is 8.82. The first-order valence-corrected chi connectivity index (χ1v) is 9.58. The van der Waals surface area contributed by atoms with Crippen LogP contribution in [-0.2, 0) is 9.53 Å². The van der Waals surface area contributed by atoms with Gasteiger partial charge in [-0.1, -0.05) is 23.2 Å². The predicted octanol–water partition coefficient (Wildman–Crippen LogP) is 3.61. The monoisotopic (exact) mass is 419 g/mol. The third kappa shape index (κ3) is 5.37. The third-order valence-corrected chi connectivity index (χ3v) is 4.84. The summed E-state index contributed by atoms with van der Waals surface area (Å²) in [6.07, 6.45) is 1.41. The third-order valence-electron chi connectivity index (χ3n) is 4.29. The van der Waals surface area contributed by atoms with Crippen LogP contribution in [0.5, 0.6) is 0 Å². The van der Waals surface area contributed by atoms with Crippen LogP contribution in [0.1, 0.15) is 5.76 Å². The van der Waals surface area contributed by atoms with Crippen LogP contribution in [0.15, 0.2) is 40.3 Å². The second kappa shape index (κ2) is 9.76. The fourth-order valence-electron chi connectivity index (χ4n) is 2.80. The van der Waals surface area contributed by atoms with Gasteiger partial charge in [-0.15, -0.1) is 0 Å². The number of amides is 1. The maximum absolute atomic E-state index is 12.3. The first kappa shape index (κ1) is 20.4. The van der Waals surface area contributed by atoms with Crippen molar-refractivity contribution in [3.63, 3.8) is 0 Å². The molecule has 146 valence electrons. The molecular weight excluding hydrogens is 401 g/mol. The normalized spacial score (nSPS) is 15.2. The molecule has 0 saturated carbocycles. The Bertz CT molecular complexity index is 912. The number of morpholine rings is 1. The van der Waals surface area contributed by atoms with Crippen molar-refractivity contribution in [3.8, 4) is 17.4 Å². The molecule has 0 spiro atoms. The quantitative estimate of drug-likeness (QED) is 0.571. The van der Waals surface area contributed by atoms with E-state index in [2.05, 4.69) is 10.2 Å². The molecule has 3 rings (SSSR count). The number of carbonyl (C=O) groups is 1. The highest BCUT2D eigenvalue weighted by Gasteiger charge is 2.14. The van der Waals surface area contributed by atoms with Gasteiger partial charge in [0.05, 0.1) is 18.2 Å². The van der Waals surface area contributed by atoms with Crippen LogP contribution in [0.2, 0.25) is 10.0 Å². The molecule has 1 aliphatic rings. The minimum Gasteiger partial charge on any atom is -0.457 e. The van der Waals surface area contributed by atoms with Crippen LogP contribution in [0.4, 0.5) is 0 Å². The van der Waals surface area contributed by atoms with E-state index in [1.807, 2.05) is 6.07 Å². The van der Waals surface area contributed by atoms with Crippen molar-refractivity contribution in [2.24, 2.45) is 0 Å². The fraction of sp³-hybridized carbons (Fsp3) is 0.300. The van der Waals surface area contributed by atoms with Gasteiger partial charge in [-0.3, -0.25) is 9.69 Å². The molecule has 28 heavy (non-hydrogen) atoms. The summed E-state index contributed by atoms with van der Waals surface area (Å²) >= 11 is 12.1. The second-order valence-electron chi connectivity index (χ2n) is 6.21. The zero-order valence-corrected chi connectivity index (χ0v) is 16.6. The summed E-state index contributed by atoms with van der Waals surface area (Å²) in [4.78, 5) is 14.5. The summed E-state index contributed by atoms with van der Waals surface area (Å²) in [6.45, 7) is 4.28. The van der Waals surface area contributed by atoms with Crippen molar-refractivity contribution in [1.29, 1.82) is 5.26 Å². The second-order valence-corrected chi connectivity index (χ2v) is 7.05. The topological polar surface area (TPSA) is 78.5 Å². The number of nitrogens with one attached hydrogen (secondary N) is 1. The van der Waals surface area contributed by atoms with Crippen LogP contribution in [0.3, 0.4) is 0 Å². The minimum absolute atomic E-state index is 0.0231. The van der Waals surface area contributed by atoms with Crippen LogP contribution < -0.4 is 5.32 Å². The Kier molecular flexibility index (Phi) is 7.12. The highest BCUT2D eigenvalue weighted by atomic mass is 35.5. The van der Waals surface area contributed by atoms with E-state index in [9.17, 15) is 10.1 Å². The standard InChI is InChI=1S/C20H19Cl2N3O3/c21-15-1-3-17(18(22)12-15)19-4-2-16(28-19)11-14(13-23)20(26)24-5-6-25-7-9-27-10-8-25/h1-4,11-12H,5-10H2,(H,24,26). The van der Waals surface area contributed by atoms with E-state index in [0.717, 1.165) is 13.1 Å². The van der Waals surface area contributed by atoms with Gasteiger partial charge in [-0.25, -0.2) is 0 Å². The van der Waals surface area contributed by atoms with E-state index in [1.165, 1.54) is 6.08 Å². The Labute approximate surface area is 173 Å². The number of ether oxygens (including phenoxy) is 1. The van der Waals surface area contributed by atoms with E-state index in [1.54, 1.807) is 30.3 Å². The van der Waals surface area contributed by atoms with Crippen molar-refractivity contribution in [1.82, 2.24) is 10.2 Å². The lowest BCUT2D eigenvalue weighted by molar-refractivity contribution is -0.117. The van der Waals surface area contributed by atoms with Gasteiger partial charge in [-0.2, -0.15) is 5.26 Å². The van der Waals surface area contributed by atoms with Crippen molar-refractivity contribution in [2.75, 3.05) is 39.4 Å². The van der Waals surface area contributed by atoms with Crippen LogP contribution in [0.25, 0.3) is 17.4 Å². The van der Waals surface area contributed by atoms with Gasteiger partial charge in [0.15, 0.2) is 0 Å². The summed E-state index contributed by atoms with van der Waals surface area (Å²) in [5, 5.41) is 13.1. The van der Waals surface area contributed by atoms with Gasteiger partial charge in [0.2, 0.25) is 0 Å². The first-order chi connectivity index (χ1) is 13.6. The molecule has 1 saturated heterocycles. The van der Waals surface area contributed by atoms with Gasteiger partial charge in [0, 0.05) is 42.8 Å². The number of benzene rings is 1. The Morgan fingerprint density at radius 3 is 2.75 bits per heavy atom. The summed E-state index contributed by atoms with van der Waals surface area (Å²) < 4.78 is 11.0. The molecule has 1 amide bonds. The molecule has 0 atom stereocenters. The summed E-state index contributed by atoms with van der Waals surface area (Å²) in [6, 6.07) is 10.4. The molecule has 0 radical (unpaired) electrons. The fourth-order valence-corrected chi connectivity index (χ4v) is 3.30. The lowest BCUT2D eigenvalue weighted by Crippen LogP contribution is -2.41. The average Bonchev–Trinajstić information content (AvgIpc) is 3.15. The smallest absolute Gasteiger partial charge is 0.262 e. The SMILES string of the molecule is N#CC(=Cc1ccc(-c2ccc(Cl)cc2Cl)o1)C(=O)NCCN1CCOCC1. The predicted molar refractivity (Wildman–Crippen MR) is 108 cm³/mol. The van der Waals surface area contributed by atoms with Gasteiger partial charge < -0.3 is 14.5 Å². The van der Waals surface area contributed by atoms with Gasteiger partial charge >= 0.3 is 0 Å². The molecule has 1 aromatic carbocycles. The maximum atomic E-state index is 12.3. The number of carbonyl (C=O) groups excluding carboxylic acids is 1. The number of hydrogen-bond acceptors (Lipinski definition) is 5. The number of halogens is 2. The number of rotatable bonds is 6. The largest absolute Gasteiger partial charge is 0.457 e. The number of hydrogen-bond donors (Lipinski definition) is 1. The molecule has 0 aliphatic carbocycles. The molecular formula is C20H19Cl2N3O3. The summed E-state index contributed by atoms with van der Waals surface area (Å²) in [5.74, 6) is 0.483. The summed E-state index contributed by atoms with van der Waals surface area (Å²) in [7, 11) is 0. The van der Waals surface area contributed by atoms with Gasteiger partial charge in [-0.05, 0) is 30.3 Å². The summed E-state index contributed by atoms with van der Waals surface area (Å²) in [5.41, 5.74) is 0.657. The van der Waals surface area contributed by atoms with E-state index >= 15 is 0 Å². The van der Waals surface area contributed by atoms with E-state index in [0.29, 0.717) is 53.4 Å². The molecule has 1 aromatic heterocycles. The molecule has 8 heteroatoms. The zero-order valence-electron chi connectivity index (χ0n) is 15.1. The van der Waals surface area contributed by atoms with E-state index in [4.69, 9.17) is 32.4 Å². The molecule has 6 nitrogen and oxygen atoms in total. The van der Waals surface area contributed by atoms with Gasteiger partial charge in [0.25, 0.3) is 5.91 Å². The number of nitriles is 1. The highest BCUT2D eigenvalue weighted by molar-refractivity contribution is 6.36. The van der Waals surface area contributed by atoms with Crippen molar-refractivity contribution in [2.45, 2.75) is 0 Å². The van der Waals surface area contributed by atoms with Crippen molar-refractivity contribution in [3.05, 3.63) is 51.7 Å². The van der Waals surface area contributed by atoms with Crippen molar-refractivity contribution < 1.29 is 13.9 Å². The van der Waals surface area contributed by atoms with Crippen LogP contribution >= 0.6 is 23.2 Å².